The number of hydrogen-bond donors (Lipinski definition) is 1. The van der Waals surface area contributed by atoms with Crippen LogP contribution in [-0.4, -0.2) is 36.9 Å². The van der Waals surface area contributed by atoms with Crippen molar-refractivity contribution in [3.05, 3.63) is 29.8 Å². The summed E-state index contributed by atoms with van der Waals surface area (Å²) >= 11 is 0. The Morgan fingerprint density at radius 3 is 3.11 bits per heavy atom. The molecule has 19 heavy (non-hydrogen) atoms. The third-order valence-electron chi connectivity index (χ3n) is 3.09. The van der Waals surface area contributed by atoms with E-state index < -0.39 is 6.10 Å². The zero-order chi connectivity index (χ0) is 13.7. The molecule has 0 bridgehead atoms. The molecule has 2 rings (SSSR count). The molecule has 5 heteroatoms. The Bertz CT molecular complexity index is 496. The number of anilines is 1. The second kappa shape index (κ2) is 6.32. The van der Waals surface area contributed by atoms with Crippen molar-refractivity contribution in [3.63, 3.8) is 0 Å². The number of amides is 1. The van der Waals surface area contributed by atoms with E-state index in [0.29, 0.717) is 31.6 Å². The van der Waals surface area contributed by atoms with Crippen LogP contribution in [0.3, 0.4) is 0 Å². The highest BCUT2D eigenvalue weighted by molar-refractivity contribution is 5.97. The Kier molecular flexibility index (Phi) is 4.50. The van der Waals surface area contributed by atoms with Crippen molar-refractivity contribution < 1.29 is 14.6 Å². The van der Waals surface area contributed by atoms with Crippen molar-refractivity contribution in [1.29, 1.82) is 5.26 Å². The van der Waals surface area contributed by atoms with Crippen LogP contribution in [0.5, 0.6) is 0 Å². The maximum Gasteiger partial charge on any atom is 0.256 e. The molecular weight excluding hydrogens is 244 g/mol. The van der Waals surface area contributed by atoms with Crippen molar-refractivity contribution in [3.8, 4) is 6.07 Å². The molecular formula is C14H16N2O3. The van der Waals surface area contributed by atoms with E-state index in [1.54, 1.807) is 23.1 Å². The molecule has 5 nitrogen and oxygen atoms in total. The number of carbonyl (C=O) groups excluding carboxylic acids is 1. The number of nitrogens with zero attached hydrogens (tertiary/aromatic N) is 2. The fourth-order valence-electron chi connectivity index (χ4n) is 2.12. The van der Waals surface area contributed by atoms with Crippen LogP contribution < -0.4 is 4.90 Å². The molecule has 1 aliphatic rings. The molecule has 1 aliphatic heterocycles. The van der Waals surface area contributed by atoms with Gasteiger partial charge in [-0.2, -0.15) is 5.26 Å². The molecule has 1 atom stereocenters. The average molecular weight is 260 g/mol. The Morgan fingerprint density at radius 2 is 2.37 bits per heavy atom. The summed E-state index contributed by atoms with van der Waals surface area (Å²) in [6.45, 7) is 1.01. The van der Waals surface area contributed by atoms with Crippen molar-refractivity contribution in [1.82, 2.24) is 0 Å². The molecule has 0 saturated carbocycles. The van der Waals surface area contributed by atoms with Gasteiger partial charge in [0.2, 0.25) is 0 Å². The number of ether oxygens (including phenoxy) is 1. The van der Waals surface area contributed by atoms with Crippen LogP contribution in [0.25, 0.3) is 0 Å². The largest absolute Gasteiger partial charge is 0.396 e. The predicted molar refractivity (Wildman–Crippen MR) is 69.6 cm³/mol. The summed E-state index contributed by atoms with van der Waals surface area (Å²) < 4.78 is 5.43. The van der Waals surface area contributed by atoms with Gasteiger partial charge in [0.1, 0.15) is 6.10 Å². The van der Waals surface area contributed by atoms with Crippen LogP contribution in [0.1, 0.15) is 18.4 Å². The number of hydrogen-bond acceptors (Lipinski definition) is 4. The first-order valence-electron chi connectivity index (χ1n) is 6.30. The highest BCUT2D eigenvalue weighted by Gasteiger charge is 2.30. The molecule has 1 fully saturated rings. The van der Waals surface area contributed by atoms with E-state index in [-0.39, 0.29) is 12.5 Å². The van der Waals surface area contributed by atoms with Gasteiger partial charge in [-0.3, -0.25) is 4.79 Å². The molecule has 1 heterocycles. The second-order valence-electron chi connectivity index (χ2n) is 4.38. The maximum absolute atomic E-state index is 12.3. The zero-order valence-electron chi connectivity index (χ0n) is 10.6. The van der Waals surface area contributed by atoms with E-state index in [2.05, 4.69) is 6.07 Å². The quantitative estimate of drug-likeness (QED) is 0.878. The lowest BCUT2D eigenvalue weighted by atomic mass is 10.1. The molecule has 1 aromatic rings. The van der Waals surface area contributed by atoms with Gasteiger partial charge in [0.15, 0.2) is 0 Å². The fourth-order valence-corrected chi connectivity index (χ4v) is 2.12. The first-order chi connectivity index (χ1) is 9.26. The minimum Gasteiger partial charge on any atom is -0.396 e. The smallest absolute Gasteiger partial charge is 0.256 e. The summed E-state index contributed by atoms with van der Waals surface area (Å²) in [4.78, 5) is 13.9. The third kappa shape index (κ3) is 3.11. The van der Waals surface area contributed by atoms with Crippen LogP contribution in [0.15, 0.2) is 24.3 Å². The number of morpholine rings is 1. The molecule has 1 amide bonds. The van der Waals surface area contributed by atoms with Gasteiger partial charge in [-0.1, -0.05) is 6.07 Å². The lowest BCUT2D eigenvalue weighted by Crippen LogP contribution is -2.48. The summed E-state index contributed by atoms with van der Waals surface area (Å²) in [6.07, 6.45) is 0.568. The van der Waals surface area contributed by atoms with Crippen LogP contribution >= 0.6 is 0 Å². The number of aliphatic hydroxyl groups excluding tert-OH is 1. The van der Waals surface area contributed by atoms with Gasteiger partial charge in [-0.25, -0.2) is 0 Å². The first-order valence-corrected chi connectivity index (χ1v) is 6.30. The molecule has 1 saturated heterocycles. The Balaban J connectivity index is 2.14. The van der Waals surface area contributed by atoms with Gasteiger partial charge in [0.05, 0.1) is 18.2 Å². The number of rotatable bonds is 4. The zero-order valence-corrected chi connectivity index (χ0v) is 10.6. The highest BCUT2D eigenvalue weighted by atomic mass is 16.5. The van der Waals surface area contributed by atoms with Crippen LogP contribution in [0.2, 0.25) is 0 Å². The number of benzene rings is 1. The lowest BCUT2D eigenvalue weighted by Gasteiger charge is -2.32. The van der Waals surface area contributed by atoms with E-state index in [0.717, 1.165) is 5.69 Å². The number of nitriles is 1. The fraction of sp³-hybridized carbons (Fsp3) is 0.429. The van der Waals surface area contributed by atoms with E-state index >= 15 is 0 Å². The van der Waals surface area contributed by atoms with Gasteiger partial charge in [-0.15, -0.1) is 0 Å². The highest BCUT2D eigenvalue weighted by Crippen LogP contribution is 2.21. The van der Waals surface area contributed by atoms with Crippen molar-refractivity contribution in [2.45, 2.75) is 18.9 Å². The van der Waals surface area contributed by atoms with Gasteiger partial charge in [0.25, 0.3) is 5.91 Å². The van der Waals surface area contributed by atoms with Crippen molar-refractivity contribution in [2.75, 3.05) is 24.7 Å². The molecule has 0 radical (unpaired) electrons. The van der Waals surface area contributed by atoms with Crippen LogP contribution in [0, 0.1) is 11.3 Å². The SMILES string of the molecule is N#Cc1cccc(N2CCOC(CCCO)C2=O)c1. The van der Waals surface area contributed by atoms with E-state index in [1.165, 1.54) is 0 Å². The monoisotopic (exact) mass is 260 g/mol. The summed E-state index contributed by atoms with van der Waals surface area (Å²) in [5, 5.41) is 17.7. The summed E-state index contributed by atoms with van der Waals surface area (Å²) in [7, 11) is 0. The molecule has 0 aliphatic carbocycles. The Labute approximate surface area is 112 Å². The normalized spacial score (nSPS) is 19.3. The third-order valence-corrected chi connectivity index (χ3v) is 3.09. The second-order valence-corrected chi connectivity index (χ2v) is 4.38. The van der Waals surface area contributed by atoms with E-state index in [1.807, 2.05) is 6.07 Å². The van der Waals surface area contributed by atoms with Crippen molar-refractivity contribution >= 4 is 11.6 Å². The maximum atomic E-state index is 12.3. The minimum atomic E-state index is -0.494. The lowest BCUT2D eigenvalue weighted by molar-refractivity contribution is -0.134. The van der Waals surface area contributed by atoms with Crippen molar-refractivity contribution in [2.24, 2.45) is 0 Å². The predicted octanol–water partition coefficient (Wildman–Crippen LogP) is 1.06. The summed E-state index contributed by atoms with van der Waals surface area (Å²) in [5.41, 5.74) is 1.25. The summed E-state index contributed by atoms with van der Waals surface area (Å²) in [6, 6.07) is 9.05. The van der Waals surface area contributed by atoms with E-state index in [9.17, 15) is 4.79 Å². The topological polar surface area (TPSA) is 73.6 Å². The minimum absolute atomic E-state index is 0.0526. The molecule has 1 N–H and O–H groups in total. The summed E-state index contributed by atoms with van der Waals surface area (Å²) in [5.74, 6) is -0.102. The van der Waals surface area contributed by atoms with Crippen LogP contribution in [-0.2, 0) is 9.53 Å². The number of aliphatic hydroxyl groups is 1. The van der Waals surface area contributed by atoms with E-state index in [4.69, 9.17) is 15.1 Å². The first kappa shape index (κ1) is 13.5. The van der Waals surface area contributed by atoms with Gasteiger partial charge >= 0.3 is 0 Å². The molecule has 0 spiro atoms. The van der Waals surface area contributed by atoms with Crippen LogP contribution in [0.4, 0.5) is 5.69 Å². The number of carbonyl (C=O) groups is 1. The van der Waals surface area contributed by atoms with Gasteiger partial charge < -0.3 is 14.7 Å². The van der Waals surface area contributed by atoms with Gasteiger partial charge in [-0.05, 0) is 31.0 Å². The molecule has 0 aromatic heterocycles. The standard InChI is InChI=1S/C14H16N2O3/c15-10-11-3-1-4-12(9-11)16-6-8-19-13(14(16)18)5-2-7-17/h1,3-4,9,13,17H,2,5-8H2. The molecule has 100 valence electrons. The van der Waals surface area contributed by atoms with Gasteiger partial charge in [0, 0.05) is 18.8 Å². The molecule has 1 unspecified atom stereocenters. The molecule has 1 aromatic carbocycles. The Morgan fingerprint density at radius 1 is 1.53 bits per heavy atom. The average Bonchev–Trinajstić information content (AvgIpc) is 2.46. The Hall–Kier alpha value is -1.90.